The lowest BCUT2D eigenvalue weighted by Gasteiger charge is -2.37. The van der Waals surface area contributed by atoms with Gasteiger partial charge in [-0.3, -0.25) is 9.59 Å². The number of nitrogens with one attached hydrogen (secondary N) is 1. The quantitative estimate of drug-likeness (QED) is 0.604. The second-order valence-electron chi connectivity index (χ2n) is 10.3. The Labute approximate surface area is 216 Å². The first-order chi connectivity index (χ1) is 17.5. The lowest BCUT2D eigenvalue weighted by atomic mass is 9.87. The molecule has 2 aliphatic carbocycles. The number of halogens is 4. The number of amides is 2. The second kappa shape index (κ2) is 9.59. The van der Waals surface area contributed by atoms with E-state index in [-0.39, 0.29) is 61.9 Å². The van der Waals surface area contributed by atoms with Gasteiger partial charge in [0.2, 0.25) is 0 Å². The first-order valence-electron chi connectivity index (χ1n) is 12.2. The molecule has 0 radical (unpaired) electrons. The number of fused-ring (bicyclic) bond motifs is 1. The van der Waals surface area contributed by atoms with Gasteiger partial charge >= 0.3 is 5.92 Å². The molecule has 0 bridgehead atoms. The molecule has 8 nitrogen and oxygen atoms in total. The van der Waals surface area contributed by atoms with Gasteiger partial charge in [0.25, 0.3) is 11.8 Å². The van der Waals surface area contributed by atoms with E-state index in [9.17, 15) is 19.1 Å². The first-order valence-corrected chi connectivity index (χ1v) is 12.6. The van der Waals surface area contributed by atoms with Crippen LogP contribution in [0.2, 0.25) is 5.02 Å². The smallest absolute Gasteiger partial charge is 0.352 e. The van der Waals surface area contributed by atoms with E-state index in [4.69, 9.17) is 16.3 Å². The van der Waals surface area contributed by atoms with Gasteiger partial charge < -0.3 is 24.6 Å². The van der Waals surface area contributed by atoms with E-state index in [0.29, 0.717) is 29.9 Å². The summed E-state index contributed by atoms with van der Waals surface area (Å²) in [5.74, 6) is -6.92. The topological polar surface area (TPSA) is 96.7 Å². The second-order valence-corrected chi connectivity index (χ2v) is 10.7. The van der Waals surface area contributed by atoms with Gasteiger partial charge in [-0.15, -0.1) is 0 Å². The van der Waals surface area contributed by atoms with E-state index in [1.807, 2.05) is 0 Å². The van der Waals surface area contributed by atoms with Gasteiger partial charge in [0, 0.05) is 31.7 Å². The van der Waals surface area contributed by atoms with Crippen LogP contribution in [-0.4, -0.2) is 69.2 Å². The van der Waals surface area contributed by atoms with E-state index in [2.05, 4.69) is 10.3 Å². The van der Waals surface area contributed by atoms with Crippen molar-refractivity contribution in [3.63, 3.8) is 0 Å². The highest BCUT2D eigenvalue weighted by Crippen LogP contribution is 2.57. The molecule has 2 atom stereocenters. The van der Waals surface area contributed by atoms with Crippen molar-refractivity contribution in [1.82, 2.24) is 14.5 Å². The molecule has 3 aliphatic rings. The van der Waals surface area contributed by atoms with Crippen molar-refractivity contribution in [2.45, 2.75) is 43.1 Å². The molecule has 2 saturated carbocycles. The minimum Gasteiger partial charge on any atom is -0.383 e. The Balaban J connectivity index is 1.28. The molecule has 1 aromatic carbocycles. The van der Waals surface area contributed by atoms with Crippen LogP contribution in [0.15, 0.2) is 24.5 Å². The number of carbonyl (C=O) groups excluding carboxylic acids is 2. The number of anilines is 1. The molecule has 0 spiro atoms. The van der Waals surface area contributed by atoms with Gasteiger partial charge in [0.05, 0.1) is 30.3 Å². The summed E-state index contributed by atoms with van der Waals surface area (Å²) in [6.45, 7) is 0.547. The molecule has 200 valence electrons. The lowest BCUT2D eigenvalue weighted by molar-refractivity contribution is -0.204. The fourth-order valence-electron chi connectivity index (χ4n) is 6.09. The maximum Gasteiger partial charge on any atom is 0.352 e. The Morgan fingerprint density at radius 2 is 1.86 bits per heavy atom. The summed E-state index contributed by atoms with van der Waals surface area (Å²) in [6, 6.07) is 3.86. The van der Waals surface area contributed by atoms with Crippen LogP contribution in [0.3, 0.4) is 0 Å². The van der Waals surface area contributed by atoms with Gasteiger partial charge in [0.15, 0.2) is 0 Å². The van der Waals surface area contributed by atoms with Crippen LogP contribution >= 0.6 is 11.6 Å². The minimum atomic E-state index is -3.89. The molecule has 1 saturated heterocycles. The number of aliphatic hydroxyl groups is 1. The molecule has 12 heteroatoms. The Kier molecular flexibility index (Phi) is 6.74. The number of nitrogens with zero attached hydrogens (tertiary/aromatic N) is 3. The number of aromatic nitrogens is 2. The predicted molar refractivity (Wildman–Crippen MR) is 128 cm³/mol. The SMILES string of the molecule is Cn1cnc(C2CC3CC(O)(C(F)(F)C(=O)N4CCOCC4)CC3C2)c1C(=O)Nc1ccc(F)c(Cl)c1. The van der Waals surface area contributed by atoms with Crippen molar-refractivity contribution in [2.24, 2.45) is 18.9 Å². The molecule has 1 aliphatic heterocycles. The minimum absolute atomic E-state index is 0.0775. The summed E-state index contributed by atoms with van der Waals surface area (Å²) in [7, 11) is 1.68. The molecule has 1 aromatic heterocycles. The number of ether oxygens (including phenoxy) is 1. The Morgan fingerprint density at radius 3 is 2.49 bits per heavy atom. The Hall–Kier alpha value is -2.63. The Bertz CT molecular complexity index is 1200. The summed E-state index contributed by atoms with van der Waals surface area (Å²) >= 11 is 5.81. The van der Waals surface area contributed by atoms with Crippen molar-refractivity contribution < 1.29 is 32.6 Å². The fourth-order valence-corrected chi connectivity index (χ4v) is 6.27. The number of benzene rings is 1. The molecule has 5 rings (SSSR count). The van der Waals surface area contributed by atoms with Crippen LogP contribution in [0.4, 0.5) is 18.9 Å². The van der Waals surface area contributed by atoms with Crippen molar-refractivity contribution in [1.29, 1.82) is 0 Å². The molecular weight excluding hydrogens is 513 g/mol. The number of hydrogen-bond acceptors (Lipinski definition) is 5. The highest BCUT2D eigenvalue weighted by molar-refractivity contribution is 6.31. The molecule has 2 N–H and O–H groups in total. The summed E-state index contributed by atoms with van der Waals surface area (Å²) < 4.78 is 50.7. The third-order valence-corrected chi connectivity index (χ3v) is 8.23. The standard InChI is InChI=1S/C25H28ClF3N4O4/c1-32-13-30-20(21(32)22(34)31-17-2-3-19(27)18(26)10-17)14-8-15-11-24(36,12-16(15)9-14)25(28,29)23(35)33-4-6-37-7-5-33/h2-3,10,13-16,36H,4-9,11-12H2,1H3,(H,31,34). The van der Waals surface area contributed by atoms with Crippen molar-refractivity contribution in [3.05, 3.63) is 46.8 Å². The van der Waals surface area contributed by atoms with Crippen LogP contribution in [-0.2, 0) is 16.6 Å². The zero-order chi connectivity index (χ0) is 26.5. The van der Waals surface area contributed by atoms with E-state index in [1.165, 1.54) is 18.5 Å². The molecule has 2 aromatic rings. The zero-order valence-corrected chi connectivity index (χ0v) is 21.0. The normalized spacial score (nSPS) is 27.8. The molecule has 2 amide bonds. The Morgan fingerprint density at radius 1 is 1.22 bits per heavy atom. The maximum atomic E-state index is 15.3. The van der Waals surface area contributed by atoms with Gasteiger partial charge in [-0.05, 0) is 55.7 Å². The molecule has 37 heavy (non-hydrogen) atoms. The molecule has 3 fully saturated rings. The van der Waals surface area contributed by atoms with Crippen molar-refractivity contribution in [2.75, 3.05) is 31.6 Å². The number of aryl methyl sites for hydroxylation is 1. The van der Waals surface area contributed by atoms with E-state index in [0.717, 1.165) is 11.0 Å². The average molecular weight is 541 g/mol. The summed E-state index contributed by atoms with van der Waals surface area (Å²) in [5, 5.41) is 13.6. The van der Waals surface area contributed by atoms with Gasteiger partial charge in [0.1, 0.15) is 17.1 Å². The summed E-state index contributed by atoms with van der Waals surface area (Å²) in [6.07, 6.45) is 2.06. The third kappa shape index (κ3) is 4.61. The number of rotatable bonds is 5. The summed E-state index contributed by atoms with van der Waals surface area (Å²) in [4.78, 5) is 31.2. The predicted octanol–water partition coefficient (Wildman–Crippen LogP) is 3.59. The number of imidazole rings is 1. The maximum absolute atomic E-state index is 15.3. The fraction of sp³-hybridized carbons (Fsp3) is 0.560. The first kappa shape index (κ1) is 26.0. The van der Waals surface area contributed by atoms with Gasteiger partial charge in [-0.1, -0.05) is 11.6 Å². The highest BCUT2D eigenvalue weighted by Gasteiger charge is 2.65. The number of hydrogen-bond donors (Lipinski definition) is 2. The molecule has 2 unspecified atom stereocenters. The van der Waals surface area contributed by atoms with Gasteiger partial charge in [-0.2, -0.15) is 8.78 Å². The molecule has 2 heterocycles. The van der Waals surface area contributed by atoms with Crippen LogP contribution in [0.5, 0.6) is 0 Å². The third-order valence-electron chi connectivity index (χ3n) is 7.94. The highest BCUT2D eigenvalue weighted by atomic mass is 35.5. The van der Waals surface area contributed by atoms with E-state index < -0.39 is 29.2 Å². The molecular formula is C25H28ClF3N4O4. The largest absolute Gasteiger partial charge is 0.383 e. The van der Waals surface area contributed by atoms with Crippen LogP contribution in [0.25, 0.3) is 0 Å². The van der Waals surface area contributed by atoms with Crippen LogP contribution < -0.4 is 5.32 Å². The summed E-state index contributed by atoms with van der Waals surface area (Å²) in [5.41, 5.74) is -1.23. The average Bonchev–Trinajstić information content (AvgIpc) is 3.52. The van der Waals surface area contributed by atoms with Crippen molar-refractivity contribution >= 4 is 29.1 Å². The van der Waals surface area contributed by atoms with Crippen molar-refractivity contribution in [3.8, 4) is 0 Å². The van der Waals surface area contributed by atoms with Gasteiger partial charge in [-0.25, -0.2) is 9.37 Å². The van der Waals surface area contributed by atoms with E-state index in [1.54, 1.807) is 11.6 Å². The van der Waals surface area contributed by atoms with Crippen LogP contribution in [0, 0.1) is 17.7 Å². The van der Waals surface area contributed by atoms with E-state index >= 15 is 8.78 Å². The number of morpholine rings is 1. The lowest BCUT2D eigenvalue weighted by Crippen LogP contribution is -2.59. The number of carbonyl (C=O) groups is 2. The zero-order valence-electron chi connectivity index (χ0n) is 20.2. The van der Waals surface area contributed by atoms with Crippen LogP contribution in [0.1, 0.15) is 47.8 Å². The monoisotopic (exact) mass is 540 g/mol. The number of alkyl halides is 2.